The van der Waals surface area contributed by atoms with Gasteiger partial charge >= 0.3 is 0 Å². The molecule has 0 bridgehead atoms. The summed E-state index contributed by atoms with van der Waals surface area (Å²) in [7, 11) is 1.65. The Balaban J connectivity index is 1.18. The van der Waals surface area contributed by atoms with Gasteiger partial charge in [-0.3, -0.25) is 14.6 Å². The number of pyridine rings is 1. The van der Waals surface area contributed by atoms with Crippen molar-refractivity contribution in [3.8, 4) is 22.6 Å². The van der Waals surface area contributed by atoms with Crippen molar-refractivity contribution in [2.24, 2.45) is 0 Å². The largest absolute Gasteiger partial charge is 0.497 e. The lowest BCUT2D eigenvalue weighted by molar-refractivity contribution is -0.118. The lowest BCUT2D eigenvalue weighted by atomic mass is 9.99. The Hall–Kier alpha value is -4.30. The van der Waals surface area contributed by atoms with Crippen molar-refractivity contribution in [3.05, 3.63) is 96.1 Å². The van der Waals surface area contributed by atoms with E-state index in [0.717, 1.165) is 59.6 Å². The van der Waals surface area contributed by atoms with E-state index >= 15 is 0 Å². The van der Waals surface area contributed by atoms with Gasteiger partial charge in [0.15, 0.2) is 5.69 Å². The summed E-state index contributed by atoms with van der Waals surface area (Å²) in [5.74, 6) is 0.890. The summed E-state index contributed by atoms with van der Waals surface area (Å²) in [4.78, 5) is 35.3. The van der Waals surface area contributed by atoms with Crippen LogP contribution in [0.4, 0.5) is 0 Å². The number of hydrogen-bond acceptors (Lipinski definition) is 6. The Labute approximate surface area is 259 Å². The number of aromatic nitrogens is 3. The van der Waals surface area contributed by atoms with E-state index in [9.17, 15) is 9.59 Å². The van der Waals surface area contributed by atoms with Gasteiger partial charge in [0, 0.05) is 56.1 Å². The maximum Gasteiger partial charge on any atom is 0.275 e. The zero-order valence-electron chi connectivity index (χ0n) is 25.5. The number of carbonyl (C=O) groups excluding carboxylic acids is 2. The third kappa shape index (κ3) is 7.08. The van der Waals surface area contributed by atoms with Crippen molar-refractivity contribution in [3.63, 3.8) is 0 Å². The van der Waals surface area contributed by atoms with Crippen LogP contribution in [0.2, 0.25) is 0 Å². The van der Waals surface area contributed by atoms with E-state index < -0.39 is 0 Å². The highest BCUT2D eigenvalue weighted by Gasteiger charge is 2.30. The van der Waals surface area contributed by atoms with E-state index in [0.29, 0.717) is 31.0 Å². The van der Waals surface area contributed by atoms with Crippen molar-refractivity contribution in [2.45, 2.75) is 57.4 Å². The predicted molar refractivity (Wildman–Crippen MR) is 171 cm³/mol. The lowest BCUT2D eigenvalue weighted by Crippen LogP contribution is -2.48. The Kier molecular flexibility index (Phi) is 9.46. The van der Waals surface area contributed by atoms with Gasteiger partial charge in [0.2, 0.25) is 0 Å². The molecule has 8 nitrogen and oxygen atoms in total. The van der Waals surface area contributed by atoms with Crippen LogP contribution in [0.25, 0.3) is 16.8 Å². The Morgan fingerprint density at radius 1 is 0.909 bits per heavy atom. The summed E-state index contributed by atoms with van der Waals surface area (Å²) in [6, 6.07) is 20.1. The molecular formula is C36H41N5O3. The Morgan fingerprint density at radius 2 is 1.70 bits per heavy atom. The van der Waals surface area contributed by atoms with Crippen LogP contribution >= 0.6 is 0 Å². The number of rotatable bonds is 10. The molecule has 228 valence electrons. The van der Waals surface area contributed by atoms with Crippen LogP contribution in [0.5, 0.6) is 5.75 Å². The molecule has 0 aliphatic carbocycles. The minimum atomic E-state index is -0.0329. The molecular weight excluding hydrogens is 550 g/mol. The molecule has 0 radical (unpaired) electrons. The number of likely N-dealkylation sites (tertiary alicyclic amines) is 2. The molecule has 0 spiro atoms. The molecule has 0 saturated carbocycles. The summed E-state index contributed by atoms with van der Waals surface area (Å²) in [5.41, 5.74) is 4.98. The topological polar surface area (TPSA) is 80.6 Å². The van der Waals surface area contributed by atoms with E-state index in [2.05, 4.69) is 9.88 Å². The molecule has 4 aromatic rings. The van der Waals surface area contributed by atoms with E-state index in [4.69, 9.17) is 9.84 Å². The number of piperidine rings is 2. The number of aryl methyl sites for hydroxylation is 1. The summed E-state index contributed by atoms with van der Waals surface area (Å²) in [6.07, 6.45) is 12.9. The SMILES string of the molecule is COc1cccc(-c2cn(-c3ccc(CC(=O)CCc4cccnc4)cc3)nc2C(=O)N2CCC(N3CCCCC3)CC2)c1. The van der Waals surface area contributed by atoms with Crippen LogP contribution in [0.3, 0.4) is 0 Å². The van der Waals surface area contributed by atoms with Crippen LogP contribution in [0, 0.1) is 0 Å². The van der Waals surface area contributed by atoms with E-state index in [1.807, 2.05) is 78.0 Å². The maximum absolute atomic E-state index is 14.0. The van der Waals surface area contributed by atoms with Gasteiger partial charge in [-0.1, -0.05) is 36.8 Å². The smallest absolute Gasteiger partial charge is 0.275 e. The highest BCUT2D eigenvalue weighted by Crippen LogP contribution is 2.30. The van der Waals surface area contributed by atoms with Crippen molar-refractivity contribution in [1.82, 2.24) is 24.6 Å². The number of nitrogens with zero attached hydrogens (tertiary/aromatic N) is 5. The van der Waals surface area contributed by atoms with Crippen molar-refractivity contribution >= 4 is 11.7 Å². The highest BCUT2D eigenvalue weighted by molar-refractivity contribution is 5.99. The van der Waals surface area contributed by atoms with Crippen molar-refractivity contribution in [1.29, 1.82) is 0 Å². The first-order valence-corrected chi connectivity index (χ1v) is 15.8. The van der Waals surface area contributed by atoms with Crippen LogP contribution in [0.1, 0.15) is 60.1 Å². The summed E-state index contributed by atoms with van der Waals surface area (Å²) >= 11 is 0. The molecule has 2 saturated heterocycles. The number of carbonyl (C=O) groups is 2. The molecule has 0 atom stereocenters. The number of ketones is 1. The molecule has 0 N–H and O–H groups in total. The second-order valence-electron chi connectivity index (χ2n) is 11.9. The first-order chi connectivity index (χ1) is 21.6. The highest BCUT2D eigenvalue weighted by atomic mass is 16.5. The molecule has 1 amide bonds. The van der Waals surface area contributed by atoms with Gasteiger partial charge in [-0.25, -0.2) is 4.68 Å². The normalized spacial score (nSPS) is 16.2. The van der Waals surface area contributed by atoms with E-state index in [-0.39, 0.29) is 11.7 Å². The molecule has 2 aliphatic rings. The summed E-state index contributed by atoms with van der Waals surface area (Å²) in [5, 5.41) is 4.85. The lowest BCUT2D eigenvalue weighted by Gasteiger charge is -2.40. The van der Waals surface area contributed by atoms with Crippen LogP contribution in [0.15, 0.2) is 79.3 Å². The number of methoxy groups -OCH3 is 1. The van der Waals surface area contributed by atoms with Crippen molar-refractivity contribution < 1.29 is 14.3 Å². The standard InChI is InChI=1S/C36H41N5O3/c1-44-33-9-5-8-29(24-33)34-26-41(31-13-10-27(11-14-31)23-32(42)15-12-28-7-6-18-37-25-28)38-35(34)36(43)40-21-16-30(17-22-40)39-19-3-2-4-20-39/h5-11,13-14,18,24-26,30H,2-4,12,15-17,19-23H2,1H3. The Morgan fingerprint density at radius 3 is 2.43 bits per heavy atom. The molecule has 2 aliphatic heterocycles. The second kappa shape index (κ2) is 14.0. The first-order valence-electron chi connectivity index (χ1n) is 15.8. The minimum absolute atomic E-state index is 0.0329. The monoisotopic (exact) mass is 591 g/mol. The second-order valence-corrected chi connectivity index (χ2v) is 11.9. The third-order valence-corrected chi connectivity index (χ3v) is 8.97. The average molecular weight is 592 g/mol. The minimum Gasteiger partial charge on any atom is -0.497 e. The van der Waals surface area contributed by atoms with Gasteiger partial charge in [0.1, 0.15) is 11.5 Å². The zero-order chi connectivity index (χ0) is 30.3. The number of benzene rings is 2. The maximum atomic E-state index is 14.0. The molecule has 2 aromatic heterocycles. The van der Waals surface area contributed by atoms with Gasteiger partial charge in [-0.2, -0.15) is 5.10 Å². The van der Waals surface area contributed by atoms with Crippen molar-refractivity contribution in [2.75, 3.05) is 33.3 Å². The molecule has 8 heteroatoms. The fraction of sp³-hybridized carbons (Fsp3) is 0.389. The molecule has 2 aromatic carbocycles. The zero-order valence-corrected chi connectivity index (χ0v) is 25.5. The number of Topliss-reactive ketones (excluding diaryl/α,β-unsaturated/α-hetero) is 1. The first kappa shape index (κ1) is 29.8. The van der Waals surface area contributed by atoms with Crippen LogP contribution < -0.4 is 4.74 Å². The van der Waals surface area contributed by atoms with Gasteiger partial charge in [0.05, 0.1) is 12.8 Å². The van der Waals surface area contributed by atoms with Crippen LogP contribution in [-0.2, 0) is 17.6 Å². The number of hydrogen-bond donors (Lipinski definition) is 0. The predicted octanol–water partition coefficient (Wildman–Crippen LogP) is 5.78. The third-order valence-electron chi connectivity index (χ3n) is 8.97. The molecule has 44 heavy (non-hydrogen) atoms. The van der Waals surface area contributed by atoms with Gasteiger partial charge < -0.3 is 14.5 Å². The molecule has 2 fully saturated rings. The average Bonchev–Trinajstić information content (AvgIpc) is 3.54. The Bertz CT molecular complexity index is 1550. The van der Waals surface area contributed by atoms with Crippen LogP contribution in [-0.4, -0.2) is 75.6 Å². The quantitative estimate of drug-likeness (QED) is 0.233. The van der Waals surface area contributed by atoms with E-state index in [1.165, 1.54) is 32.4 Å². The molecule has 4 heterocycles. The molecule has 6 rings (SSSR count). The van der Waals surface area contributed by atoms with Gasteiger partial charge in [0.25, 0.3) is 5.91 Å². The fourth-order valence-electron chi connectivity index (χ4n) is 6.45. The molecule has 0 unspecified atom stereocenters. The fourth-order valence-corrected chi connectivity index (χ4v) is 6.45. The number of amides is 1. The van der Waals surface area contributed by atoms with E-state index in [1.54, 1.807) is 18.0 Å². The van der Waals surface area contributed by atoms with Gasteiger partial charge in [-0.15, -0.1) is 0 Å². The summed E-state index contributed by atoms with van der Waals surface area (Å²) in [6.45, 7) is 3.85. The summed E-state index contributed by atoms with van der Waals surface area (Å²) < 4.78 is 7.26. The number of ether oxygens (including phenoxy) is 1. The van der Waals surface area contributed by atoms with Gasteiger partial charge in [-0.05, 0) is 92.2 Å².